The Balaban J connectivity index is 2.10. The number of hydrogen-bond donors (Lipinski definition) is 0. The summed E-state index contributed by atoms with van der Waals surface area (Å²) >= 11 is 5.83. The van der Waals surface area contributed by atoms with Crippen LogP contribution >= 0.6 is 11.6 Å². The van der Waals surface area contributed by atoms with Gasteiger partial charge in [0.1, 0.15) is 12.4 Å². The fraction of sp³-hybridized carbons (Fsp3) is 0.643. The molecule has 0 bridgehead atoms. The average molecular weight is 304 g/mol. The lowest BCUT2D eigenvalue weighted by atomic mass is 10.2. The van der Waals surface area contributed by atoms with Crippen molar-refractivity contribution in [1.29, 1.82) is 0 Å². The molecule has 6 heteroatoms. The quantitative estimate of drug-likeness (QED) is 0.463. The lowest BCUT2D eigenvalue weighted by Crippen LogP contribution is -2.12. The molecule has 0 spiro atoms. The molecule has 0 saturated heterocycles. The zero-order valence-electron chi connectivity index (χ0n) is 12.1. The Labute approximate surface area is 125 Å². The van der Waals surface area contributed by atoms with Crippen molar-refractivity contribution in [3.8, 4) is 5.75 Å². The summed E-state index contributed by atoms with van der Waals surface area (Å²) in [5.41, 5.74) is 1.79. The van der Waals surface area contributed by atoms with E-state index in [0.29, 0.717) is 45.5 Å². The van der Waals surface area contributed by atoms with Crippen molar-refractivity contribution in [3.05, 3.63) is 23.5 Å². The van der Waals surface area contributed by atoms with E-state index in [2.05, 4.69) is 4.98 Å². The Kier molecular flexibility index (Phi) is 9.32. The first-order chi connectivity index (χ1) is 9.77. The lowest BCUT2D eigenvalue weighted by Gasteiger charge is -2.11. The number of aromatic nitrogens is 1. The first-order valence-corrected chi connectivity index (χ1v) is 7.10. The third-order valence-electron chi connectivity index (χ3n) is 2.51. The Bertz CT molecular complexity index is 376. The van der Waals surface area contributed by atoms with Gasteiger partial charge in [-0.15, -0.1) is 11.6 Å². The van der Waals surface area contributed by atoms with E-state index in [1.54, 1.807) is 13.3 Å². The number of aryl methyl sites for hydroxylation is 1. The molecule has 0 aliphatic heterocycles. The van der Waals surface area contributed by atoms with Crippen LogP contribution in [-0.4, -0.2) is 51.7 Å². The van der Waals surface area contributed by atoms with Gasteiger partial charge in [0.05, 0.1) is 38.9 Å². The van der Waals surface area contributed by atoms with Gasteiger partial charge in [0.2, 0.25) is 0 Å². The van der Waals surface area contributed by atoms with Crippen molar-refractivity contribution >= 4 is 11.6 Å². The molecule has 5 nitrogen and oxygen atoms in total. The summed E-state index contributed by atoms with van der Waals surface area (Å²) in [5.74, 6) is 1.16. The summed E-state index contributed by atoms with van der Waals surface area (Å²) in [4.78, 5) is 4.18. The smallest absolute Gasteiger partial charge is 0.127 e. The van der Waals surface area contributed by atoms with Gasteiger partial charge in [-0.3, -0.25) is 4.98 Å². The van der Waals surface area contributed by atoms with E-state index in [1.165, 1.54) is 0 Å². The Morgan fingerprint density at radius 2 is 1.70 bits per heavy atom. The normalized spacial score (nSPS) is 10.8. The van der Waals surface area contributed by atoms with E-state index < -0.39 is 0 Å². The van der Waals surface area contributed by atoms with Crippen molar-refractivity contribution < 1.29 is 18.9 Å². The summed E-state index contributed by atoms with van der Waals surface area (Å²) in [6, 6.07) is 1.88. The van der Waals surface area contributed by atoms with Gasteiger partial charge in [-0.05, 0) is 6.92 Å². The molecule has 0 atom stereocenters. The van der Waals surface area contributed by atoms with E-state index in [1.807, 2.05) is 13.0 Å². The Hall–Kier alpha value is -0.880. The van der Waals surface area contributed by atoms with Gasteiger partial charge < -0.3 is 18.9 Å². The molecule has 0 N–H and O–H groups in total. The maximum atomic E-state index is 5.83. The summed E-state index contributed by atoms with van der Waals surface area (Å²) in [7, 11) is 1.65. The summed E-state index contributed by atoms with van der Waals surface area (Å²) in [5, 5.41) is 0. The van der Waals surface area contributed by atoms with Crippen LogP contribution in [0, 0.1) is 6.92 Å². The van der Waals surface area contributed by atoms with Crippen LogP contribution in [0.15, 0.2) is 12.3 Å². The number of nitrogens with zero attached hydrogens (tertiary/aromatic N) is 1. The molecule has 0 fully saturated rings. The van der Waals surface area contributed by atoms with Crippen LogP contribution in [0.4, 0.5) is 0 Å². The van der Waals surface area contributed by atoms with Gasteiger partial charge in [-0.25, -0.2) is 0 Å². The largest absolute Gasteiger partial charge is 0.491 e. The third-order valence-corrected chi connectivity index (χ3v) is 2.80. The molecule has 1 rings (SSSR count). The summed E-state index contributed by atoms with van der Waals surface area (Å²) in [6.45, 7) is 5.20. The maximum absolute atomic E-state index is 5.83. The molecule has 1 heterocycles. The maximum Gasteiger partial charge on any atom is 0.127 e. The predicted molar refractivity (Wildman–Crippen MR) is 77.5 cm³/mol. The van der Waals surface area contributed by atoms with Gasteiger partial charge in [0.25, 0.3) is 0 Å². The molecular weight excluding hydrogens is 282 g/mol. The Morgan fingerprint density at radius 1 is 1.05 bits per heavy atom. The average Bonchev–Trinajstić information content (AvgIpc) is 2.46. The van der Waals surface area contributed by atoms with Crippen LogP contribution < -0.4 is 4.74 Å². The zero-order chi connectivity index (χ0) is 14.6. The second-order valence-electron chi connectivity index (χ2n) is 4.13. The highest BCUT2D eigenvalue weighted by Gasteiger charge is 2.04. The molecule has 0 radical (unpaired) electrons. The topological polar surface area (TPSA) is 49.8 Å². The fourth-order valence-electron chi connectivity index (χ4n) is 1.47. The van der Waals surface area contributed by atoms with Crippen LogP contribution in [0.2, 0.25) is 0 Å². The van der Waals surface area contributed by atoms with E-state index in [9.17, 15) is 0 Å². The molecule has 0 unspecified atom stereocenters. The molecule has 1 aromatic rings. The number of alkyl halides is 1. The molecule has 0 aliphatic carbocycles. The van der Waals surface area contributed by atoms with Crippen LogP contribution in [0.3, 0.4) is 0 Å². The first-order valence-electron chi connectivity index (χ1n) is 6.56. The number of hydrogen-bond acceptors (Lipinski definition) is 5. The zero-order valence-corrected chi connectivity index (χ0v) is 12.8. The third kappa shape index (κ3) is 7.05. The number of halogens is 1. The van der Waals surface area contributed by atoms with Crippen LogP contribution in [-0.2, 0) is 20.1 Å². The summed E-state index contributed by atoms with van der Waals surface area (Å²) < 4.78 is 21.2. The predicted octanol–water partition coefficient (Wildman–Crippen LogP) is 2.19. The number of methoxy groups -OCH3 is 1. The van der Waals surface area contributed by atoms with Crippen molar-refractivity contribution in [1.82, 2.24) is 4.98 Å². The van der Waals surface area contributed by atoms with Crippen LogP contribution in [0.25, 0.3) is 0 Å². The molecule has 20 heavy (non-hydrogen) atoms. The molecular formula is C14H22ClNO4. The molecule has 1 aromatic heterocycles. The minimum atomic E-state index is 0.386. The lowest BCUT2D eigenvalue weighted by molar-refractivity contribution is 0.0179. The number of ether oxygens (including phenoxy) is 4. The molecule has 114 valence electrons. The minimum absolute atomic E-state index is 0.386. The molecule has 0 amide bonds. The monoisotopic (exact) mass is 303 g/mol. The minimum Gasteiger partial charge on any atom is -0.491 e. The van der Waals surface area contributed by atoms with E-state index >= 15 is 0 Å². The fourth-order valence-corrected chi connectivity index (χ4v) is 1.67. The van der Waals surface area contributed by atoms with Gasteiger partial charge in [-0.1, -0.05) is 0 Å². The van der Waals surface area contributed by atoms with Gasteiger partial charge in [0.15, 0.2) is 0 Å². The molecule has 0 saturated carbocycles. The molecule has 0 aliphatic rings. The van der Waals surface area contributed by atoms with Crippen LogP contribution in [0.1, 0.15) is 11.3 Å². The van der Waals surface area contributed by atoms with Crippen molar-refractivity contribution in [3.63, 3.8) is 0 Å². The number of pyridine rings is 1. The first kappa shape index (κ1) is 17.2. The molecule has 0 aromatic carbocycles. The SMILES string of the molecule is COCCOCCOCCOc1cc(C)ncc1CCl. The van der Waals surface area contributed by atoms with Crippen molar-refractivity contribution in [2.75, 3.05) is 46.8 Å². The van der Waals surface area contributed by atoms with E-state index in [-0.39, 0.29) is 0 Å². The highest BCUT2D eigenvalue weighted by Crippen LogP contribution is 2.20. The van der Waals surface area contributed by atoms with Crippen molar-refractivity contribution in [2.45, 2.75) is 12.8 Å². The van der Waals surface area contributed by atoms with E-state index in [0.717, 1.165) is 17.0 Å². The number of rotatable bonds is 11. The second kappa shape index (κ2) is 10.9. The Morgan fingerprint density at radius 3 is 2.35 bits per heavy atom. The summed E-state index contributed by atoms with van der Waals surface area (Å²) in [6.07, 6.45) is 1.74. The van der Waals surface area contributed by atoms with Crippen molar-refractivity contribution in [2.24, 2.45) is 0 Å². The van der Waals surface area contributed by atoms with E-state index in [4.69, 9.17) is 30.5 Å². The van der Waals surface area contributed by atoms with Crippen LogP contribution in [0.5, 0.6) is 5.75 Å². The van der Waals surface area contributed by atoms with Gasteiger partial charge >= 0.3 is 0 Å². The van der Waals surface area contributed by atoms with Gasteiger partial charge in [0, 0.05) is 30.6 Å². The highest BCUT2D eigenvalue weighted by atomic mass is 35.5. The van der Waals surface area contributed by atoms with Gasteiger partial charge in [-0.2, -0.15) is 0 Å². The highest BCUT2D eigenvalue weighted by molar-refractivity contribution is 6.17. The standard InChI is InChI=1S/C14H22ClNO4/c1-12-9-14(13(10-15)11-16-12)20-8-7-19-6-5-18-4-3-17-2/h9,11H,3-8,10H2,1-2H3. The second-order valence-corrected chi connectivity index (χ2v) is 4.40.